The Kier molecular flexibility index (Phi) is 5.71. The van der Waals surface area contributed by atoms with Gasteiger partial charge in [0.2, 0.25) is 5.89 Å². The third-order valence-electron chi connectivity index (χ3n) is 3.79. The highest BCUT2D eigenvalue weighted by Crippen LogP contribution is 2.29. The normalized spacial score (nSPS) is 11.7. The molecule has 0 radical (unpaired) electrons. The Morgan fingerprint density at radius 3 is 2.59 bits per heavy atom. The number of hydrogen-bond acceptors (Lipinski definition) is 7. The molecule has 0 aliphatic rings. The maximum Gasteiger partial charge on any atom is 0.339 e. The maximum atomic E-state index is 12.5. The molecule has 0 spiro atoms. The van der Waals surface area contributed by atoms with Gasteiger partial charge in [-0.1, -0.05) is 18.2 Å². The van der Waals surface area contributed by atoms with Crippen LogP contribution in [0, 0.1) is 0 Å². The molecule has 0 unspecified atom stereocenters. The van der Waals surface area contributed by atoms with Gasteiger partial charge < -0.3 is 18.6 Å². The van der Waals surface area contributed by atoms with Gasteiger partial charge in [0.05, 0.1) is 19.3 Å². The fourth-order valence-corrected chi connectivity index (χ4v) is 2.45. The quantitative estimate of drug-likeness (QED) is 0.581. The van der Waals surface area contributed by atoms with Crippen molar-refractivity contribution in [1.82, 2.24) is 10.2 Å². The molecule has 1 atom stereocenters. The van der Waals surface area contributed by atoms with Crippen LogP contribution in [0.2, 0.25) is 0 Å². The second-order valence-corrected chi connectivity index (χ2v) is 5.66. The summed E-state index contributed by atoms with van der Waals surface area (Å²) in [6, 6.07) is 14.2. The largest absolute Gasteiger partial charge is 0.493 e. The molecule has 3 rings (SSSR count). The number of carbonyl (C=O) groups excluding carboxylic acids is 1. The third kappa shape index (κ3) is 4.25. The lowest BCUT2D eigenvalue weighted by Crippen LogP contribution is -2.10. The Morgan fingerprint density at radius 2 is 1.89 bits per heavy atom. The fraction of sp³-hybridized carbons (Fsp3) is 0.250. The number of esters is 1. The molecule has 0 fully saturated rings. The molecule has 140 valence electrons. The van der Waals surface area contributed by atoms with Crippen LogP contribution in [0.4, 0.5) is 0 Å². The van der Waals surface area contributed by atoms with Crippen LogP contribution in [0.25, 0.3) is 11.5 Å². The maximum absolute atomic E-state index is 12.5. The first-order chi connectivity index (χ1) is 13.1. The van der Waals surface area contributed by atoms with Gasteiger partial charge in [-0.05, 0) is 44.2 Å². The number of benzene rings is 2. The van der Waals surface area contributed by atoms with Crippen molar-refractivity contribution < 1.29 is 23.4 Å². The van der Waals surface area contributed by atoms with Crippen molar-refractivity contribution in [3.8, 4) is 23.0 Å². The van der Waals surface area contributed by atoms with Gasteiger partial charge in [-0.25, -0.2) is 4.79 Å². The smallest absolute Gasteiger partial charge is 0.339 e. The molecule has 0 saturated heterocycles. The van der Waals surface area contributed by atoms with Crippen molar-refractivity contribution in [2.24, 2.45) is 0 Å². The van der Waals surface area contributed by atoms with Gasteiger partial charge in [-0.2, -0.15) is 0 Å². The highest BCUT2D eigenvalue weighted by atomic mass is 16.6. The molecule has 7 heteroatoms. The van der Waals surface area contributed by atoms with Gasteiger partial charge in [0.25, 0.3) is 5.89 Å². The second-order valence-electron chi connectivity index (χ2n) is 5.66. The van der Waals surface area contributed by atoms with Crippen LogP contribution < -0.4 is 9.47 Å². The highest BCUT2D eigenvalue weighted by molar-refractivity contribution is 5.90. The molecule has 0 bridgehead atoms. The van der Waals surface area contributed by atoms with Crippen molar-refractivity contribution >= 4 is 5.97 Å². The van der Waals surface area contributed by atoms with Crippen molar-refractivity contribution in [2.75, 3.05) is 13.7 Å². The van der Waals surface area contributed by atoms with E-state index in [1.807, 2.05) is 37.3 Å². The Labute approximate surface area is 156 Å². The van der Waals surface area contributed by atoms with Gasteiger partial charge >= 0.3 is 5.97 Å². The van der Waals surface area contributed by atoms with Crippen LogP contribution in [0.5, 0.6) is 11.5 Å². The monoisotopic (exact) mass is 368 g/mol. The number of aromatic nitrogens is 2. The topological polar surface area (TPSA) is 83.7 Å². The third-order valence-corrected chi connectivity index (χ3v) is 3.79. The molecule has 3 aromatic rings. The lowest BCUT2D eigenvalue weighted by atomic mass is 10.2. The van der Waals surface area contributed by atoms with E-state index in [1.54, 1.807) is 25.1 Å². The summed E-state index contributed by atoms with van der Waals surface area (Å²) in [4.78, 5) is 12.5. The van der Waals surface area contributed by atoms with Gasteiger partial charge in [0.1, 0.15) is 0 Å². The zero-order valence-corrected chi connectivity index (χ0v) is 15.3. The molecular weight excluding hydrogens is 348 g/mol. The Hall–Kier alpha value is -3.35. The molecule has 0 aliphatic carbocycles. The molecule has 1 heterocycles. The standard InChI is InChI=1S/C20H20N2O5/c1-4-25-17-12-15(10-11-16(17)24-3)20(23)26-13(2)18-21-22-19(27-18)14-8-6-5-7-9-14/h5-13H,4H2,1-3H3/t13-/m1/s1. The second kappa shape index (κ2) is 8.35. The first-order valence-corrected chi connectivity index (χ1v) is 8.53. The van der Waals surface area contributed by atoms with Crippen LogP contribution >= 0.6 is 0 Å². The first-order valence-electron chi connectivity index (χ1n) is 8.53. The van der Waals surface area contributed by atoms with Crippen molar-refractivity contribution in [3.63, 3.8) is 0 Å². The summed E-state index contributed by atoms with van der Waals surface area (Å²) < 4.78 is 21.8. The highest BCUT2D eigenvalue weighted by Gasteiger charge is 2.21. The van der Waals surface area contributed by atoms with E-state index in [-0.39, 0.29) is 5.89 Å². The first kappa shape index (κ1) is 18.4. The zero-order chi connectivity index (χ0) is 19.2. The fourth-order valence-electron chi connectivity index (χ4n) is 2.45. The summed E-state index contributed by atoms with van der Waals surface area (Å²) >= 11 is 0. The summed E-state index contributed by atoms with van der Waals surface area (Å²) in [6.07, 6.45) is -0.694. The predicted molar refractivity (Wildman–Crippen MR) is 97.7 cm³/mol. The number of ether oxygens (including phenoxy) is 3. The van der Waals surface area contributed by atoms with E-state index >= 15 is 0 Å². The van der Waals surface area contributed by atoms with E-state index in [0.717, 1.165) is 5.56 Å². The molecule has 1 aromatic heterocycles. The molecule has 0 saturated carbocycles. The molecule has 0 N–H and O–H groups in total. The molecule has 0 aliphatic heterocycles. The average molecular weight is 368 g/mol. The van der Waals surface area contributed by atoms with Crippen LogP contribution in [-0.2, 0) is 4.74 Å². The molecule has 7 nitrogen and oxygen atoms in total. The minimum Gasteiger partial charge on any atom is -0.493 e. The molecule has 27 heavy (non-hydrogen) atoms. The summed E-state index contributed by atoms with van der Waals surface area (Å²) in [6.45, 7) is 3.98. The van der Waals surface area contributed by atoms with Gasteiger partial charge in [0.15, 0.2) is 17.6 Å². The average Bonchev–Trinajstić information content (AvgIpc) is 3.19. The Balaban J connectivity index is 1.72. The minimum atomic E-state index is -0.694. The summed E-state index contributed by atoms with van der Waals surface area (Å²) in [5.41, 5.74) is 1.14. The minimum absolute atomic E-state index is 0.223. The van der Waals surface area contributed by atoms with Gasteiger partial charge in [-0.15, -0.1) is 10.2 Å². The van der Waals surface area contributed by atoms with Crippen LogP contribution in [-0.4, -0.2) is 29.9 Å². The van der Waals surface area contributed by atoms with Crippen LogP contribution in [0.15, 0.2) is 52.9 Å². The van der Waals surface area contributed by atoms with Crippen LogP contribution in [0.3, 0.4) is 0 Å². The lowest BCUT2D eigenvalue weighted by Gasteiger charge is -2.12. The van der Waals surface area contributed by atoms with Crippen molar-refractivity contribution in [1.29, 1.82) is 0 Å². The number of nitrogens with zero attached hydrogens (tertiary/aromatic N) is 2. The van der Waals surface area contributed by atoms with Crippen LogP contribution in [0.1, 0.15) is 36.2 Å². The molecule has 2 aromatic carbocycles. The molecular formula is C20H20N2O5. The summed E-state index contributed by atoms with van der Waals surface area (Å²) in [7, 11) is 1.54. The predicted octanol–water partition coefficient (Wildman–Crippen LogP) is 4.06. The van der Waals surface area contributed by atoms with Gasteiger partial charge in [0, 0.05) is 5.56 Å². The van der Waals surface area contributed by atoms with E-state index in [1.165, 1.54) is 7.11 Å². The Bertz CT molecular complexity index is 908. The molecule has 0 amide bonds. The number of hydrogen-bond donors (Lipinski definition) is 0. The van der Waals surface area contributed by atoms with Gasteiger partial charge in [-0.3, -0.25) is 0 Å². The number of carbonyl (C=O) groups is 1. The lowest BCUT2D eigenvalue weighted by molar-refractivity contribution is 0.0279. The zero-order valence-electron chi connectivity index (χ0n) is 15.3. The number of rotatable bonds is 7. The van der Waals surface area contributed by atoms with E-state index in [2.05, 4.69) is 10.2 Å². The summed E-state index contributed by atoms with van der Waals surface area (Å²) in [5.74, 6) is 1.10. The van der Waals surface area contributed by atoms with E-state index in [9.17, 15) is 4.79 Å². The van der Waals surface area contributed by atoms with E-state index in [0.29, 0.717) is 29.6 Å². The number of methoxy groups -OCH3 is 1. The SMILES string of the molecule is CCOc1cc(C(=O)O[C@H](C)c2nnc(-c3ccccc3)o2)ccc1OC. The van der Waals surface area contributed by atoms with E-state index in [4.69, 9.17) is 18.6 Å². The Morgan fingerprint density at radius 1 is 1.11 bits per heavy atom. The van der Waals surface area contributed by atoms with E-state index < -0.39 is 12.1 Å². The van der Waals surface area contributed by atoms with Crippen molar-refractivity contribution in [2.45, 2.75) is 20.0 Å². The van der Waals surface area contributed by atoms with Crippen molar-refractivity contribution in [3.05, 3.63) is 60.0 Å². The summed E-state index contributed by atoms with van der Waals surface area (Å²) in [5, 5.41) is 7.98.